The predicted molar refractivity (Wildman–Crippen MR) is 73.2 cm³/mol. The first-order chi connectivity index (χ1) is 9.24. The number of piperidine rings is 1. The summed E-state index contributed by atoms with van der Waals surface area (Å²) < 4.78 is 0. The Morgan fingerprint density at radius 2 is 2.11 bits per heavy atom. The molecule has 0 bridgehead atoms. The number of likely N-dealkylation sites (tertiary alicyclic amines) is 1. The van der Waals surface area contributed by atoms with Gasteiger partial charge in [-0.2, -0.15) is 0 Å². The lowest BCUT2D eigenvalue weighted by atomic mass is 9.91. The Labute approximate surface area is 113 Å². The molecule has 0 saturated carbocycles. The maximum Gasteiger partial charge on any atom is 0.335 e. The molecule has 0 radical (unpaired) electrons. The fraction of sp³-hybridized carbons (Fsp3) is 0.533. The minimum absolute atomic E-state index is 0.364. The number of fused-ring (bicyclic) bond motifs is 1. The van der Waals surface area contributed by atoms with Crippen LogP contribution in [0.2, 0.25) is 0 Å². The van der Waals surface area contributed by atoms with Gasteiger partial charge in [0.2, 0.25) is 0 Å². The Morgan fingerprint density at radius 1 is 1.32 bits per heavy atom. The number of aromatic carboxylic acids is 1. The number of hydrogen-bond donors (Lipinski definition) is 2. The van der Waals surface area contributed by atoms with E-state index >= 15 is 0 Å². The molecule has 2 aliphatic heterocycles. The van der Waals surface area contributed by atoms with Gasteiger partial charge < -0.3 is 10.4 Å². The van der Waals surface area contributed by atoms with Crippen LogP contribution in [-0.4, -0.2) is 41.7 Å². The van der Waals surface area contributed by atoms with Crippen LogP contribution in [0.1, 0.15) is 28.8 Å². The van der Waals surface area contributed by atoms with E-state index in [1.807, 2.05) is 12.1 Å². The Hall–Kier alpha value is -1.39. The summed E-state index contributed by atoms with van der Waals surface area (Å²) in [5.74, 6) is -0.0587. The Balaban J connectivity index is 1.68. The molecule has 0 amide bonds. The first-order valence-electron chi connectivity index (χ1n) is 7.01. The molecule has 0 spiro atoms. The number of carboxylic acid groups (broad SMARTS) is 1. The molecule has 2 unspecified atom stereocenters. The monoisotopic (exact) mass is 260 g/mol. The maximum atomic E-state index is 10.8. The summed E-state index contributed by atoms with van der Waals surface area (Å²) >= 11 is 0. The molecule has 2 heterocycles. The van der Waals surface area contributed by atoms with Crippen molar-refractivity contribution in [1.29, 1.82) is 0 Å². The van der Waals surface area contributed by atoms with E-state index in [0.29, 0.717) is 11.6 Å². The Bertz CT molecular complexity index is 458. The topological polar surface area (TPSA) is 52.6 Å². The standard InChI is InChI=1S/C15H20N2O2/c18-15(19)12-5-3-11(4-6-12)10-17-7-1-2-13-8-16-9-14(13)17/h3-6,13-14,16H,1-2,7-10H2,(H,18,19). The Morgan fingerprint density at radius 3 is 2.84 bits per heavy atom. The van der Waals surface area contributed by atoms with Crippen LogP contribution in [0, 0.1) is 5.92 Å². The summed E-state index contributed by atoms with van der Waals surface area (Å²) in [6, 6.07) is 7.94. The van der Waals surface area contributed by atoms with E-state index in [9.17, 15) is 4.79 Å². The average Bonchev–Trinajstić information content (AvgIpc) is 2.89. The van der Waals surface area contributed by atoms with E-state index in [4.69, 9.17) is 5.11 Å². The molecule has 2 atom stereocenters. The molecule has 1 aromatic rings. The van der Waals surface area contributed by atoms with Crippen LogP contribution >= 0.6 is 0 Å². The van der Waals surface area contributed by atoms with Gasteiger partial charge in [-0.15, -0.1) is 0 Å². The van der Waals surface area contributed by atoms with E-state index in [2.05, 4.69) is 10.2 Å². The van der Waals surface area contributed by atoms with Crippen LogP contribution in [0.5, 0.6) is 0 Å². The van der Waals surface area contributed by atoms with E-state index < -0.39 is 5.97 Å². The Kier molecular flexibility index (Phi) is 3.53. The highest BCUT2D eigenvalue weighted by Crippen LogP contribution is 2.27. The average molecular weight is 260 g/mol. The molecule has 0 aromatic heterocycles. The van der Waals surface area contributed by atoms with Crippen molar-refractivity contribution < 1.29 is 9.90 Å². The van der Waals surface area contributed by atoms with Gasteiger partial charge in [-0.1, -0.05) is 12.1 Å². The lowest BCUT2D eigenvalue weighted by Crippen LogP contribution is -2.44. The summed E-state index contributed by atoms with van der Waals surface area (Å²) in [7, 11) is 0. The normalized spacial score (nSPS) is 27.2. The number of rotatable bonds is 3. The van der Waals surface area contributed by atoms with Crippen LogP contribution < -0.4 is 5.32 Å². The zero-order chi connectivity index (χ0) is 13.2. The van der Waals surface area contributed by atoms with Crippen LogP contribution in [-0.2, 0) is 6.54 Å². The molecule has 1 aromatic carbocycles. The van der Waals surface area contributed by atoms with Gasteiger partial charge in [-0.25, -0.2) is 4.79 Å². The molecule has 19 heavy (non-hydrogen) atoms. The van der Waals surface area contributed by atoms with Crippen LogP contribution in [0.15, 0.2) is 24.3 Å². The minimum Gasteiger partial charge on any atom is -0.478 e. The smallest absolute Gasteiger partial charge is 0.335 e. The van der Waals surface area contributed by atoms with Gasteiger partial charge in [0.25, 0.3) is 0 Å². The van der Waals surface area contributed by atoms with Crippen molar-refractivity contribution in [2.45, 2.75) is 25.4 Å². The molecule has 2 aliphatic rings. The highest BCUT2D eigenvalue weighted by molar-refractivity contribution is 5.87. The molecule has 4 heteroatoms. The fourth-order valence-electron chi connectivity index (χ4n) is 3.35. The zero-order valence-corrected chi connectivity index (χ0v) is 11.0. The first kappa shape index (κ1) is 12.6. The van der Waals surface area contributed by atoms with Crippen molar-refractivity contribution in [3.05, 3.63) is 35.4 Å². The summed E-state index contributed by atoms with van der Waals surface area (Å²) in [5, 5.41) is 12.4. The molecule has 2 fully saturated rings. The summed E-state index contributed by atoms with van der Waals surface area (Å²) in [6.45, 7) is 4.34. The number of nitrogens with one attached hydrogen (secondary N) is 1. The van der Waals surface area contributed by atoms with Gasteiger partial charge in [-0.05, 0) is 49.5 Å². The van der Waals surface area contributed by atoms with Crippen molar-refractivity contribution in [3.8, 4) is 0 Å². The van der Waals surface area contributed by atoms with Gasteiger partial charge in [0.15, 0.2) is 0 Å². The molecule has 102 valence electrons. The predicted octanol–water partition coefficient (Wildman–Crippen LogP) is 1.57. The van der Waals surface area contributed by atoms with Crippen LogP contribution in [0.4, 0.5) is 0 Å². The second-order valence-corrected chi connectivity index (χ2v) is 5.60. The van der Waals surface area contributed by atoms with Crippen molar-refractivity contribution in [2.75, 3.05) is 19.6 Å². The highest BCUT2D eigenvalue weighted by atomic mass is 16.4. The summed E-state index contributed by atoms with van der Waals surface area (Å²) in [6.07, 6.45) is 2.61. The highest BCUT2D eigenvalue weighted by Gasteiger charge is 2.34. The summed E-state index contributed by atoms with van der Waals surface area (Å²) in [4.78, 5) is 13.4. The van der Waals surface area contributed by atoms with Gasteiger partial charge in [0.05, 0.1) is 5.56 Å². The molecule has 4 nitrogen and oxygen atoms in total. The number of carbonyl (C=O) groups is 1. The molecular weight excluding hydrogens is 240 g/mol. The third-order valence-electron chi connectivity index (χ3n) is 4.38. The van der Waals surface area contributed by atoms with Crippen molar-refractivity contribution in [2.24, 2.45) is 5.92 Å². The van der Waals surface area contributed by atoms with E-state index in [1.54, 1.807) is 12.1 Å². The van der Waals surface area contributed by atoms with Gasteiger partial charge in [0, 0.05) is 19.1 Å². The second kappa shape index (κ2) is 5.31. The third-order valence-corrected chi connectivity index (χ3v) is 4.38. The van der Waals surface area contributed by atoms with Gasteiger partial charge >= 0.3 is 5.97 Å². The quantitative estimate of drug-likeness (QED) is 0.866. The van der Waals surface area contributed by atoms with Crippen molar-refractivity contribution in [3.63, 3.8) is 0 Å². The molecule has 2 N–H and O–H groups in total. The van der Waals surface area contributed by atoms with Crippen molar-refractivity contribution >= 4 is 5.97 Å². The minimum atomic E-state index is -0.857. The fourth-order valence-corrected chi connectivity index (χ4v) is 3.35. The van der Waals surface area contributed by atoms with Crippen LogP contribution in [0.25, 0.3) is 0 Å². The van der Waals surface area contributed by atoms with Gasteiger partial charge in [-0.3, -0.25) is 4.90 Å². The van der Waals surface area contributed by atoms with E-state index in [-0.39, 0.29) is 0 Å². The molecular formula is C15H20N2O2. The first-order valence-corrected chi connectivity index (χ1v) is 7.01. The molecule has 0 aliphatic carbocycles. The second-order valence-electron chi connectivity index (χ2n) is 5.60. The van der Waals surface area contributed by atoms with Gasteiger partial charge in [0.1, 0.15) is 0 Å². The zero-order valence-electron chi connectivity index (χ0n) is 11.0. The van der Waals surface area contributed by atoms with E-state index in [0.717, 1.165) is 32.1 Å². The summed E-state index contributed by atoms with van der Waals surface area (Å²) in [5.41, 5.74) is 1.57. The number of nitrogens with zero attached hydrogens (tertiary/aromatic N) is 1. The van der Waals surface area contributed by atoms with Crippen molar-refractivity contribution in [1.82, 2.24) is 10.2 Å². The molecule has 2 saturated heterocycles. The number of benzene rings is 1. The lowest BCUT2D eigenvalue weighted by molar-refractivity contribution is 0.0697. The SMILES string of the molecule is O=C(O)c1ccc(CN2CCCC3CNCC32)cc1. The lowest BCUT2D eigenvalue weighted by Gasteiger charge is -2.37. The molecule has 3 rings (SSSR count). The largest absolute Gasteiger partial charge is 0.478 e. The number of hydrogen-bond acceptors (Lipinski definition) is 3. The van der Waals surface area contributed by atoms with E-state index in [1.165, 1.54) is 18.4 Å². The third kappa shape index (κ3) is 2.65. The number of carboxylic acids is 1. The maximum absolute atomic E-state index is 10.8. The van der Waals surface area contributed by atoms with Crippen LogP contribution in [0.3, 0.4) is 0 Å².